The Morgan fingerprint density at radius 1 is 0.897 bits per heavy atom. The molecule has 4 rings (SSSR count). The highest BCUT2D eigenvalue weighted by atomic mass is 16.9. The molecule has 39 heavy (non-hydrogen) atoms. The van der Waals surface area contributed by atoms with Gasteiger partial charge in [0.25, 0.3) is 0 Å². The van der Waals surface area contributed by atoms with E-state index in [4.69, 9.17) is 14.2 Å². The van der Waals surface area contributed by atoms with Crippen molar-refractivity contribution in [2.45, 2.75) is 131 Å². The Kier molecular flexibility index (Phi) is 8.93. The van der Waals surface area contributed by atoms with Gasteiger partial charge in [-0.2, -0.15) is 0 Å². The predicted octanol–water partition coefficient (Wildman–Crippen LogP) is 7.74. The van der Waals surface area contributed by atoms with Crippen LogP contribution in [-0.2, 0) is 28.6 Å². The first-order chi connectivity index (χ1) is 18.3. The van der Waals surface area contributed by atoms with Crippen LogP contribution in [0, 0.1) is 46.3 Å². The first kappa shape index (κ1) is 30.1. The predicted molar refractivity (Wildman–Crippen MR) is 150 cm³/mol. The number of carbonyl (C=O) groups excluding carboxylic acids is 3. The van der Waals surface area contributed by atoms with E-state index in [1.54, 1.807) is 5.57 Å². The Bertz CT molecular complexity index is 928. The van der Waals surface area contributed by atoms with Gasteiger partial charge in [0.2, 0.25) is 0 Å². The van der Waals surface area contributed by atoms with E-state index < -0.39 is 29.8 Å². The molecule has 0 N–H and O–H groups in total. The van der Waals surface area contributed by atoms with Gasteiger partial charge in [-0.3, -0.25) is 14.4 Å². The highest BCUT2D eigenvalue weighted by Gasteiger charge is 2.58. The maximum absolute atomic E-state index is 11.8. The summed E-state index contributed by atoms with van der Waals surface area (Å²) in [5.41, 5.74) is 2.63. The monoisotopic (exact) mass is 544 g/mol. The van der Waals surface area contributed by atoms with E-state index in [9.17, 15) is 14.4 Å². The lowest BCUT2D eigenvalue weighted by Gasteiger charge is -2.58. The Hall–Kier alpha value is -1.85. The number of fused-ring (bicyclic) bond motifs is 5. The molecule has 0 aliphatic heterocycles. The van der Waals surface area contributed by atoms with Crippen molar-refractivity contribution in [1.82, 2.24) is 0 Å². The van der Waals surface area contributed by atoms with Gasteiger partial charge >= 0.3 is 23.9 Å². The molecule has 0 aromatic heterocycles. The van der Waals surface area contributed by atoms with E-state index in [-0.39, 0.29) is 0 Å². The molecular formula is C33H52O6. The van der Waals surface area contributed by atoms with Crippen LogP contribution in [0.1, 0.15) is 126 Å². The molecule has 8 atom stereocenters. The third-order valence-electron chi connectivity index (χ3n) is 11.5. The molecule has 0 aromatic carbocycles. The zero-order valence-electron chi connectivity index (χ0n) is 25.5. The minimum atomic E-state index is -2.02. The smallest absolute Gasteiger partial charge is 0.388 e. The Labute approximate surface area is 236 Å². The number of hydrogen-bond acceptors (Lipinski definition) is 6. The van der Waals surface area contributed by atoms with Crippen molar-refractivity contribution >= 4 is 17.9 Å². The zero-order valence-corrected chi connectivity index (χ0v) is 25.5. The van der Waals surface area contributed by atoms with Gasteiger partial charge in [-0.1, -0.05) is 58.6 Å². The molecule has 0 aromatic rings. The van der Waals surface area contributed by atoms with Crippen LogP contribution in [0.3, 0.4) is 0 Å². The molecule has 0 bridgehead atoms. The molecule has 4 aliphatic carbocycles. The van der Waals surface area contributed by atoms with Crippen molar-refractivity contribution in [3.63, 3.8) is 0 Å². The molecule has 0 saturated heterocycles. The van der Waals surface area contributed by atoms with Crippen LogP contribution in [0.2, 0.25) is 0 Å². The molecule has 0 spiro atoms. The van der Waals surface area contributed by atoms with Crippen molar-refractivity contribution in [3.8, 4) is 0 Å². The van der Waals surface area contributed by atoms with Crippen molar-refractivity contribution < 1.29 is 28.6 Å². The highest BCUT2D eigenvalue weighted by Crippen LogP contribution is 2.67. The molecule has 3 fully saturated rings. The molecule has 6 nitrogen and oxygen atoms in total. The normalized spacial score (nSPS) is 35.4. The lowest BCUT2D eigenvalue weighted by molar-refractivity contribution is -0.350. The molecule has 0 amide bonds. The molecule has 220 valence electrons. The largest absolute Gasteiger partial charge is 0.426 e. The van der Waals surface area contributed by atoms with E-state index >= 15 is 0 Å². The topological polar surface area (TPSA) is 78.9 Å². The summed E-state index contributed by atoms with van der Waals surface area (Å²) in [5.74, 6) is -0.671. The minimum Gasteiger partial charge on any atom is -0.388 e. The van der Waals surface area contributed by atoms with Crippen LogP contribution in [0.15, 0.2) is 11.6 Å². The van der Waals surface area contributed by atoms with Gasteiger partial charge in [-0.25, -0.2) is 0 Å². The SMILES string of the molecule is CC(=O)OC(OC(C)=O)(OC(C)=O)[C@@H](C)CCC[C@@H](C)[C@H]1CC[C@H]2[C@@H]3CC=C4CCCC[C@]4(C)[C@H]3CC[C@]12C. The number of allylic oxidation sites excluding steroid dienone is 2. The summed E-state index contributed by atoms with van der Waals surface area (Å²) in [6.45, 7) is 13.1. The molecular weight excluding hydrogens is 492 g/mol. The van der Waals surface area contributed by atoms with Crippen molar-refractivity contribution in [2.75, 3.05) is 0 Å². The summed E-state index contributed by atoms with van der Waals surface area (Å²) in [6.07, 6.45) is 17.4. The second-order valence-corrected chi connectivity index (χ2v) is 13.9. The summed E-state index contributed by atoms with van der Waals surface area (Å²) in [5, 5.41) is 0. The number of hydrogen-bond donors (Lipinski definition) is 0. The summed E-state index contributed by atoms with van der Waals surface area (Å²) in [6, 6.07) is 0. The van der Waals surface area contributed by atoms with Gasteiger partial charge in [-0.15, -0.1) is 0 Å². The van der Waals surface area contributed by atoms with Gasteiger partial charge in [-0.05, 0) is 98.2 Å². The number of esters is 3. The van der Waals surface area contributed by atoms with Gasteiger partial charge in [0, 0.05) is 20.8 Å². The quantitative estimate of drug-likeness (QED) is 0.168. The highest BCUT2D eigenvalue weighted by molar-refractivity contribution is 5.70. The fourth-order valence-electron chi connectivity index (χ4n) is 9.76. The average Bonchev–Trinajstić information content (AvgIpc) is 3.19. The first-order valence-corrected chi connectivity index (χ1v) is 15.6. The second-order valence-electron chi connectivity index (χ2n) is 13.9. The molecule has 6 heteroatoms. The van der Waals surface area contributed by atoms with Crippen LogP contribution in [0.4, 0.5) is 0 Å². The Morgan fingerprint density at radius 2 is 1.54 bits per heavy atom. The van der Waals surface area contributed by atoms with Gasteiger partial charge in [0.05, 0.1) is 5.92 Å². The van der Waals surface area contributed by atoms with Crippen LogP contribution in [0.25, 0.3) is 0 Å². The van der Waals surface area contributed by atoms with Crippen LogP contribution in [0.5, 0.6) is 0 Å². The standard InChI is InChI=1S/C33H52O6/c1-21(11-10-12-22(2)33(37-23(3)34,38-24(4)35)39-25(5)36)28-16-17-29-27-15-14-26-13-8-9-19-31(26,6)30(27)18-20-32(28,29)7/h14,21-22,27-30H,8-13,15-20H2,1-7H3/t21-,22+,27+,28-,29+,30+,31+,32-/m1/s1. The van der Waals surface area contributed by atoms with E-state index in [0.717, 1.165) is 30.6 Å². The maximum atomic E-state index is 11.8. The van der Waals surface area contributed by atoms with Gasteiger partial charge < -0.3 is 14.2 Å². The minimum absolute atomic E-state index is 0.402. The lowest BCUT2D eigenvalue weighted by atomic mass is 9.47. The first-order valence-electron chi connectivity index (χ1n) is 15.6. The average molecular weight is 545 g/mol. The van der Waals surface area contributed by atoms with Gasteiger partial charge in [0.15, 0.2) is 0 Å². The number of rotatable bonds is 9. The van der Waals surface area contributed by atoms with E-state index in [1.165, 1.54) is 78.6 Å². The fourth-order valence-corrected chi connectivity index (χ4v) is 9.76. The fraction of sp³-hybridized carbons (Fsp3) is 0.848. The molecule has 0 heterocycles. The number of carbonyl (C=O) groups is 3. The van der Waals surface area contributed by atoms with E-state index in [1.807, 2.05) is 6.92 Å². The van der Waals surface area contributed by atoms with E-state index in [0.29, 0.717) is 29.1 Å². The molecule has 0 radical (unpaired) electrons. The zero-order chi connectivity index (χ0) is 28.6. The second kappa shape index (κ2) is 11.6. The third kappa shape index (κ3) is 5.81. The van der Waals surface area contributed by atoms with Crippen LogP contribution >= 0.6 is 0 Å². The summed E-state index contributed by atoms with van der Waals surface area (Å²) < 4.78 is 16.0. The van der Waals surface area contributed by atoms with Crippen LogP contribution < -0.4 is 0 Å². The van der Waals surface area contributed by atoms with Crippen LogP contribution in [-0.4, -0.2) is 23.9 Å². The van der Waals surface area contributed by atoms with Crippen molar-refractivity contribution in [3.05, 3.63) is 11.6 Å². The number of ether oxygens (including phenoxy) is 3. The van der Waals surface area contributed by atoms with Crippen molar-refractivity contribution in [1.29, 1.82) is 0 Å². The van der Waals surface area contributed by atoms with E-state index in [2.05, 4.69) is 26.8 Å². The Balaban J connectivity index is 1.40. The summed E-state index contributed by atoms with van der Waals surface area (Å²) >= 11 is 0. The van der Waals surface area contributed by atoms with Crippen molar-refractivity contribution in [2.24, 2.45) is 46.3 Å². The molecule has 4 aliphatic rings. The van der Waals surface area contributed by atoms with Gasteiger partial charge in [0.1, 0.15) is 0 Å². The summed E-state index contributed by atoms with van der Waals surface area (Å²) in [7, 11) is 0. The third-order valence-corrected chi connectivity index (χ3v) is 11.5. The molecule has 3 saturated carbocycles. The summed E-state index contributed by atoms with van der Waals surface area (Å²) in [4.78, 5) is 35.5. The molecule has 0 unspecified atom stereocenters. The Morgan fingerprint density at radius 3 is 2.15 bits per heavy atom. The lowest BCUT2D eigenvalue weighted by Crippen LogP contribution is -2.50. The maximum Gasteiger partial charge on any atom is 0.426 e.